The number of rotatable bonds is 2. The van der Waals surface area contributed by atoms with Crippen molar-refractivity contribution in [3.05, 3.63) is 29.4 Å². The van der Waals surface area contributed by atoms with Crippen LogP contribution in [0.5, 0.6) is 0 Å². The van der Waals surface area contributed by atoms with Gasteiger partial charge in [0.15, 0.2) is 16.7 Å². The van der Waals surface area contributed by atoms with Crippen molar-refractivity contribution in [3.8, 4) is 5.82 Å². The molecule has 2 aromatic rings. The summed E-state index contributed by atoms with van der Waals surface area (Å²) in [6.45, 7) is 0. The summed E-state index contributed by atoms with van der Waals surface area (Å²) in [7, 11) is 3.30. The number of carbonyl (C=O) groups is 1. The van der Waals surface area contributed by atoms with Crippen LogP contribution < -0.4 is 5.73 Å². The van der Waals surface area contributed by atoms with Gasteiger partial charge in [0, 0.05) is 20.3 Å². The van der Waals surface area contributed by atoms with Gasteiger partial charge in [0.2, 0.25) is 0 Å². The highest BCUT2D eigenvalue weighted by molar-refractivity contribution is 6.32. The van der Waals surface area contributed by atoms with E-state index in [2.05, 4.69) is 15.1 Å². The molecule has 7 nitrogen and oxygen atoms in total. The Morgan fingerprint density at radius 3 is 2.83 bits per heavy atom. The summed E-state index contributed by atoms with van der Waals surface area (Å²) in [5.41, 5.74) is 6.26. The molecule has 2 rings (SSSR count). The fraction of sp³-hybridized carbons (Fsp3) is 0.200. The molecule has 8 heteroatoms. The Bertz CT molecular complexity index is 594. The molecule has 0 spiro atoms. The molecule has 2 aromatic heterocycles. The fourth-order valence-corrected chi connectivity index (χ4v) is 1.46. The number of halogens is 1. The molecule has 18 heavy (non-hydrogen) atoms. The number of hydrogen-bond acceptors (Lipinski definition) is 5. The molecule has 0 unspecified atom stereocenters. The third-order valence-corrected chi connectivity index (χ3v) is 2.55. The zero-order valence-corrected chi connectivity index (χ0v) is 10.6. The van der Waals surface area contributed by atoms with E-state index in [0.717, 1.165) is 0 Å². The second-order valence-corrected chi connectivity index (χ2v) is 4.10. The Morgan fingerprint density at radius 2 is 2.17 bits per heavy atom. The number of carbonyl (C=O) groups excluding carboxylic acids is 1. The molecule has 0 aliphatic carbocycles. The Balaban J connectivity index is 2.41. The molecule has 0 aliphatic heterocycles. The Morgan fingerprint density at radius 1 is 1.44 bits per heavy atom. The van der Waals surface area contributed by atoms with Crippen LogP contribution >= 0.6 is 11.6 Å². The number of nitrogens with two attached hydrogens (primary N) is 1. The molecule has 0 fully saturated rings. The van der Waals surface area contributed by atoms with E-state index in [4.69, 9.17) is 17.3 Å². The maximum atomic E-state index is 11.7. The summed E-state index contributed by atoms with van der Waals surface area (Å²) in [5, 5.41) is 4.25. The number of nitrogen functional groups attached to an aromatic ring is 1. The van der Waals surface area contributed by atoms with E-state index < -0.39 is 0 Å². The molecular weight excluding hydrogens is 256 g/mol. The van der Waals surface area contributed by atoms with Gasteiger partial charge in [0.05, 0.1) is 0 Å². The van der Waals surface area contributed by atoms with Crippen molar-refractivity contribution in [1.82, 2.24) is 24.6 Å². The maximum absolute atomic E-state index is 11.7. The molecule has 0 saturated carbocycles. The quantitative estimate of drug-likeness (QED) is 0.804. The van der Waals surface area contributed by atoms with Crippen molar-refractivity contribution in [2.75, 3.05) is 19.8 Å². The van der Waals surface area contributed by atoms with Gasteiger partial charge in [-0.2, -0.15) is 5.10 Å². The molecule has 2 N–H and O–H groups in total. The van der Waals surface area contributed by atoms with Gasteiger partial charge in [-0.3, -0.25) is 4.79 Å². The number of amides is 1. The van der Waals surface area contributed by atoms with Crippen molar-refractivity contribution in [3.63, 3.8) is 0 Å². The minimum atomic E-state index is -0.201. The normalized spacial score (nSPS) is 10.4. The number of nitrogens with zero attached hydrogens (tertiary/aromatic N) is 5. The third kappa shape index (κ3) is 2.12. The first kappa shape index (κ1) is 12.3. The standard InChI is InChI=1S/C10H11ClN6O/c1-16(2)10(18)6-3-4-17(15-6)9-7(12)8(11)13-5-14-9/h3-5H,12H2,1-2H3. The number of aromatic nitrogens is 4. The van der Waals surface area contributed by atoms with Crippen LogP contribution in [0.1, 0.15) is 10.5 Å². The molecule has 0 saturated heterocycles. The first-order chi connectivity index (χ1) is 8.50. The van der Waals surface area contributed by atoms with E-state index in [-0.39, 0.29) is 16.7 Å². The summed E-state index contributed by atoms with van der Waals surface area (Å²) in [6, 6.07) is 1.58. The Kier molecular flexibility index (Phi) is 3.15. The van der Waals surface area contributed by atoms with Crippen LogP contribution in [-0.4, -0.2) is 44.7 Å². The topological polar surface area (TPSA) is 89.9 Å². The first-order valence-corrected chi connectivity index (χ1v) is 5.42. The predicted octanol–water partition coefficient (Wildman–Crippen LogP) is 0.600. The van der Waals surface area contributed by atoms with E-state index in [1.54, 1.807) is 26.4 Å². The summed E-state index contributed by atoms with van der Waals surface area (Å²) in [4.78, 5) is 20.9. The van der Waals surface area contributed by atoms with Gasteiger partial charge in [0.1, 0.15) is 12.0 Å². The lowest BCUT2D eigenvalue weighted by molar-refractivity contribution is 0.0821. The van der Waals surface area contributed by atoms with E-state index in [0.29, 0.717) is 11.5 Å². The summed E-state index contributed by atoms with van der Waals surface area (Å²) >= 11 is 5.79. The zero-order chi connectivity index (χ0) is 13.3. The summed E-state index contributed by atoms with van der Waals surface area (Å²) < 4.78 is 1.39. The van der Waals surface area contributed by atoms with Gasteiger partial charge in [-0.25, -0.2) is 14.6 Å². The second-order valence-electron chi connectivity index (χ2n) is 3.75. The molecule has 0 aromatic carbocycles. The largest absolute Gasteiger partial charge is 0.393 e. The number of anilines is 1. The van der Waals surface area contributed by atoms with Crippen molar-refractivity contribution in [2.24, 2.45) is 0 Å². The van der Waals surface area contributed by atoms with Crippen LogP contribution in [0.3, 0.4) is 0 Å². The zero-order valence-electron chi connectivity index (χ0n) is 9.83. The molecule has 0 atom stereocenters. The highest BCUT2D eigenvalue weighted by Gasteiger charge is 2.14. The molecule has 94 valence electrons. The average Bonchev–Trinajstić information content (AvgIpc) is 2.80. The minimum Gasteiger partial charge on any atom is -0.393 e. The Labute approximate surface area is 108 Å². The number of hydrogen-bond donors (Lipinski definition) is 1. The highest BCUT2D eigenvalue weighted by atomic mass is 35.5. The van der Waals surface area contributed by atoms with E-state index in [1.807, 2.05) is 0 Å². The van der Waals surface area contributed by atoms with Crippen molar-refractivity contribution >= 4 is 23.2 Å². The van der Waals surface area contributed by atoms with Crippen LogP contribution in [0.2, 0.25) is 5.15 Å². The van der Waals surface area contributed by atoms with Crippen LogP contribution in [0.15, 0.2) is 18.6 Å². The predicted molar refractivity (Wildman–Crippen MR) is 66.6 cm³/mol. The average molecular weight is 267 g/mol. The van der Waals surface area contributed by atoms with Gasteiger partial charge in [0.25, 0.3) is 5.91 Å². The fourth-order valence-electron chi connectivity index (χ4n) is 1.33. The van der Waals surface area contributed by atoms with E-state index in [1.165, 1.54) is 15.9 Å². The molecule has 0 bridgehead atoms. The van der Waals surface area contributed by atoms with Gasteiger partial charge in [-0.1, -0.05) is 11.6 Å². The monoisotopic (exact) mass is 266 g/mol. The summed E-state index contributed by atoms with van der Waals surface area (Å²) in [5.74, 6) is 0.139. The van der Waals surface area contributed by atoms with Crippen LogP contribution in [-0.2, 0) is 0 Å². The lowest BCUT2D eigenvalue weighted by Gasteiger charge is -2.07. The molecule has 0 aliphatic rings. The van der Waals surface area contributed by atoms with Crippen molar-refractivity contribution < 1.29 is 4.79 Å². The van der Waals surface area contributed by atoms with Gasteiger partial charge >= 0.3 is 0 Å². The van der Waals surface area contributed by atoms with Crippen molar-refractivity contribution in [1.29, 1.82) is 0 Å². The van der Waals surface area contributed by atoms with E-state index >= 15 is 0 Å². The Hall–Kier alpha value is -2.15. The van der Waals surface area contributed by atoms with Crippen LogP contribution in [0.4, 0.5) is 5.69 Å². The lowest BCUT2D eigenvalue weighted by Crippen LogP contribution is -2.22. The van der Waals surface area contributed by atoms with Crippen LogP contribution in [0.25, 0.3) is 5.82 Å². The maximum Gasteiger partial charge on any atom is 0.273 e. The van der Waals surface area contributed by atoms with Crippen molar-refractivity contribution in [2.45, 2.75) is 0 Å². The van der Waals surface area contributed by atoms with Gasteiger partial charge in [-0.15, -0.1) is 0 Å². The second kappa shape index (κ2) is 4.61. The SMILES string of the molecule is CN(C)C(=O)c1ccn(-c2ncnc(Cl)c2N)n1. The third-order valence-electron chi connectivity index (χ3n) is 2.25. The summed E-state index contributed by atoms with van der Waals surface area (Å²) in [6.07, 6.45) is 2.87. The van der Waals surface area contributed by atoms with E-state index in [9.17, 15) is 4.79 Å². The lowest BCUT2D eigenvalue weighted by atomic mass is 10.4. The van der Waals surface area contributed by atoms with Crippen LogP contribution in [0, 0.1) is 0 Å². The molecule has 0 radical (unpaired) electrons. The molecular formula is C10H11ClN6O. The van der Waals surface area contributed by atoms with Gasteiger partial charge < -0.3 is 10.6 Å². The smallest absolute Gasteiger partial charge is 0.273 e. The highest BCUT2D eigenvalue weighted by Crippen LogP contribution is 2.20. The minimum absolute atomic E-state index is 0.149. The first-order valence-electron chi connectivity index (χ1n) is 5.04. The molecule has 2 heterocycles. The molecule has 1 amide bonds. The van der Waals surface area contributed by atoms with Gasteiger partial charge in [-0.05, 0) is 6.07 Å².